The van der Waals surface area contributed by atoms with Gasteiger partial charge in [0.15, 0.2) is 11.0 Å². The fourth-order valence-corrected chi connectivity index (χ4v) is 3.80. The van der Waals surface area contributed by atoms with E-state index in [0.29, 0.717) is 17.6 Å². The molecule has 31 heavy (non-hydrogen) atoms. The minimum atomic E-state index is -0.894. The number of carbonyl (C=O) groups is 1. The Morgan fingerprint density at radius 3 is 2.26 bits per heavy atom. The molecule has 0 aliphatic carbocycles. The zero-order valence-corrected chi connectivity index (χ0v) is 17.7. The normalized spacial score (nSPS) is 11.8. The Balaban J connectivity index is 1.61. The number of nitrogens with zero attached hydrogens (tertiary/aromatic N) is 3. The Hall–Kier alpha value is -3.58. The van der Waals surface area contributed by atoms with Crippen molar-refractivity contribution >= 4 is 17.7 Å². The van der Waals surface area contributed by atoms with Gasteiger partial charge in [0.25, 0.3) is 0 Å². The first-order valence-electron chi connectivity index (χ1n) is 9.79. The molecule has 0 aliphatic heterocycles. The maximum atomic E-state index is 11.3. The molecule has 4 aromatic rings. The lowest BCUT2D eigenvalue weighted by atomic mass is 10.2. The Bertz CT molecular complexity index is 1150. The van der Waals surface area contributed by atoms with Crippen molar-refractivity contribution in [3.8, 4) is 22.8 Å². The predicted octanol–water partition coefficient (Wildman–Crippen LogP) is 5.08. The molecule has 0 unspecified atom stereocenters. The van der Waals surface area contributed by atoms with E-state index < -0.39 is 11.2 Å². The topological polar surface area (TPSA) is 77.2 Å². The second-order valence-electron chi connectivity index (χ2n) is 6.87. The van der Waals surface area contributed by atoms with E-state index in [9.17, 15) is 9.90 Å². The summed E-state index contributed by atoms with van der Waals surface area (Å²) >= 11 is 1.16. The summed E-state index contributed by atoms with van der Waals surface area (Å²) in [5, 5.41) is 17.8. The van der Waals surface area contributed by atoms with Crippen molar-refractivity contribution in [1.82, 2.24) is 14.8 Å². The van der Waals surface area contributed by atoms with Crippen LogP contribution in [0.5, 0.6) is 5.75 Å². The standard InChI is InChI=1S/C24H21N3O3S/c1-17(23(28)29)31-24-26-25-22(27(24)20-10-6-3-7-11-20)19-12-14-21(15-13-19)30-16-18-8-4-2-5-9-18/h2-15,17H,16H2,1H3,(H,28,29)/t17-/m1/s1. The Morgan fingerprint density at radius 1 is 0.968 bits per heavy atom. The van der Waals surface area contributed by atoms with Gasteiger partial charge in [-0.1, -0.05) is 60.3 Å². The quantitative estimate of drug-likeness (QED) is 0.392. The van der Waals surface area contributed by atoms with Crippen molar-refractivity contribution in [3.05, 3.63) is 90.5 Å². The first-order chi connectivity index (χ1) is 15.1. The number of thioether (sulfide) groups is 1. The number of carboxylic acids is 1. The summed E-state index contributed by atoms with van der Waals surface area (Å²) in [5.41, 5.74) is 2.83. The predicted molar refractivity (Wildman–Crippen MR) is 121 cm³/mol. The molecule has 0 radical (unpaired) electrons. The van der Waals surface area contributed by atoms with E-state index in [1.54, 1.807) is 6.92 Å². The highest BCUT2D eigenvalue weighted by molar-refractivity contribution is 8.00. The number of carboxylic acid groups (broad SMARTS) is 1. The van der Waals surface area contributed by atoms with Crippen LogP contribution >= 0.6 is 11.8 Å². The van der Waals surface area contributed by atoms with Crippen LogP contribution in [0.1, 0.15) is 12.5 Å². The minimum absolute atomic E-state index is 0.494. The third-order valence-electron chi connectivity index (χ3n) is 4.64. The van der Waals surface area contributed by atoms with Gasteiger partial charge in [-0.05, 0) is 48.9 Å². The summed E-state index contributed by atoms with van der Waals surface area (Å²) in [6.07, 6.45) is 0. The molecule has 0 aliphatic rings. The highest BCUT2D eigenvalue weighted by Gasteiger charge is 2.21. The lowest BCUT2D eigenvalue weighted by Crippen LogP contribution is -2.12. The molecule has 0 spiro atoms. The van der Waals surface area contributed by atoms with Crippen LogP contribution in [0.2, 0.25) is 0 Å². The van der Waals surface area contributed by atoms with Crippen LogP contribution in [0.25, 0.3) is 17.1 Å². The van der Waals surface area contributed by atoms with Gasteiger partial charge >= 0.3 is 5.97 Å². The Kier molecular flexibility index (Phi) is 6.33. The van der Waals surface area contributed by atoms with Gasteiger partial charge in [-0.25, -0.2) is 0 Å². The van der Waals surface area contributed by atoms with Gasteiger partial charge in [0, 0.05) is 11.3 Å². The van der Waals surface area contributed by atoms with E-state index in [1.165, 1.54) is 0 Å². The number of aliphatic carboxylic acids is 1. The highest BCUT2D eigenvalue weighted by Crippen LogP contribution is 2.31. The average Bonchev–Trinajstić information content (AvgIpc) is 3.22. The van der Waals surface area contributed by atoms with Crippen LogP contribution in [0, 0.1) is 0 Å². The fraction of sp³-hybridized carbons (Fsp3) is 0.125. The van der Waals surface area contributed by atoms with Crippen molar-refractivity contribution in [1.29, 1.82) is 0 Å². The number of rotatable bonds is 8. The average molecular weight is 432 g/mol. The number of hydrogen-bond donors (Lipinski definition) is 1. The van der Waals surface area contributed by atoms with E-state index in [2.05, 4.69) is 10.2 Å². The van der Waals surface area contributed by atoms with Crippen molar-refractivity contribution < 1.29 is 14.6 Å². The third kappa shape index (κ3) is 4.95. The molecule has 0 fully saturated rings. The summed E-state index contributed by atoms with van der Waals surface area (Å²) < 4.78 is 7.75. The number of para-hydroxylation sites is 1. The Morgan fingerprint density at radius 2 is 1.61 bits per heavy atom. The van der Waals surface area contributed by atoms with Crippen LogP contribution in [-0.4, -0.2) is 31.1 Å². The van der Waals surface area contributed by atoms with Crippen molar-refractivity contribution in [2.45, 2.75) is 23.9 Å². The van der Waals surface area contributed by atoms with Crippen LogP contribution in [0.15, 0.2) is 90.1 Å². The van der Waals surface area contributed by atoms with Gasteiger partial charge in [0.1, 0.15) is 17.6 Å². The summed E-state index contributed by atoms with van der Waals surface area (Å²) in [6, 6.07) is 27.3. The first-order valence-corrected chi connectivity index (χ1v) is 10.7. The monoisotopic (exact) mass is 431 g/mol. The molecule has 0 saturated carbocycles. The number of benzene rings is 3. The molecule has 7 heteroatoms. The molecular formula is C24H21N3O3S. The Labute approximate surface area is 184 Å². The second-order valence-corrected chi connectivity index (χ2v) is 8.18. The summed E-state index contributed by atoms with van der Waals surface area (Å²) in [7, 11) is 0. The SMILES string of the molecule is C[C@@H](Sc1nnc(-c2ccc(OCc3ccccc3)cc2)n1-c1ccccc1)C(=O)O. The zero-order chi connectivity index (χ0) is 21.6. The van der Waals surface area contributed by atoms with Gasteiger partial charge in [0.2, 0.25) is 0 Å². The second kappa shape index (κ2) is 9.49. The zero-order valence-electron chi connectivity index (χ0n) is 16.9. The van der Waals surface area contributed by atoms with Crippen LogP contribution in [-0.2, 0) is 11.4 Å². The first kappa shape index (κ1) is 20.7. The van der Waals surface area contributed by atoms with E-state index in [-0.39, 0.29) is 0 Å². The van der Waals surface area contributed by atoms with E-state index in [0.717, 1.165) is 34.3 Å². The van der Waals surface area contributed by atoms with Crippen molar-refractivity contribution in [2.24, 2.45) is 0 Å². The van der Waals surface area contributed by atoms with Gasteiger partial charge in [-0.3, -0.25) is 9.36 Å². The molecular weight excluding hydrogens is 410 g/mol. The molecule has 1 atom stereocenters. The molecule has 1 aromatic heterocycles. The molecule has 4 rings (SSSR count). The van der Waals surface area contributed by atoms with Crippen molar-refractivity contribution in [2.75, 3.05) is 0 Å². The maximum absolute atomic E-state index is 11.3. The lowest BCUT2D eigenvalue weighted by molar-refractivity contribution is -0.136. The molecule has 3 aromatic carbocycles. The molecule has 1 heterocycles. The van der Waals surface area contributed by atoms with E-state index in [1.807, 2.05) is 89.5 Å². The lowest BCUT2D eigenvalue weighted by Gasteiger charge is -2.12. The van der Waals surface area contributed by atoms with Crippen LogP contribution < -0.4 is 4.74 Å². The molecule has 156 valence electrons. The molecule has 6 nitrogen and oxygen atoms in total. The smallest absolute Gasteiger partial charge is 0.316 e. The molecule has 0 amide bonds. The summed E-state index contributed by atoms with van der Waals surface area (Å²) in [4.78, 5) is 11.3. The molecule has 0 saturated heterocycles. The third-order valence-corrected chi connectivity index (χ3v) is 5.67. The van der Waals surface area contributed by atoms with Crippen molar-refractivity contribution in [3.63, 3.8) is 0 Å². The van der Waals surface area contributed by atoms with Crippen LogP contribution in [0.4, 0.5) is 0 Å². The number of aromatic nitrogens is 3. The van der Waals surface area contributed by atoms with E-state index in [4.69, 9.17) is 4.74 Å². The molecule has 1 N–H and O–H groups in total. The number of hydrogen-bond acceptors (Lipinski definition) is 5. The molecule has 0 bridgehead atoms. The number of ether oxygens (including phenoxy) is 1. The summed E-state index contributed by atoms with van der Waals surface area (Å²) in [6.45, 7) is 2.13. The fourth-order valence-electron chi connectivity index (χ4n) is 2.99. The maximum Gasteiger partial charge on any atom is 0.316 e. The highest BCUT2D eigenvalue weighted by atomic mass is 32.2. The van der Waals surface area contributed by atoms with Gasteiger partial charge in [-0.15, -0.1) is 10.2 Å². The van der Waals surface area contributed by atoms with Crippen LogP contribution in [0.3, 0.4) is 0 Å². The minimum Gasteiger partial charge on any atom is -0.489 e. The van der Waals surface area contributed by atoms with E-state index >= 15 is 0 Å². The summed E-state index contributed by atoms with van der Waals surface area (Å²) in [5.74, 6) is 0.502. The van der Waals surface area contributed by atoms with Gasteiger partial charge in [0.05, 0.1) is 0 Å². The largest absolute Gasteiger partial charge is 0.489 e. The van der Waals surface area contributed by atoms with Gasteiger partial charge < -0.3 is 9.84 Å². The van der Waals surface area contributed by atoms with Gasteiger partial charge in [-0.2, -0.15) is 0 Å².